The van der Waals surface area contributed by atoms with Crippen LogP contribution in [0.1, 0.15) is 43.8 Å². The van der Waals surface area contributed by atoms with E-state index < -0.39 is 0 Å². The maximum Gasteiger partial charge on any atom is 0.203 e. The molecule has 1 saturated heterocycles. The average Bonchev–Trinajstić information content (AvgIpc) is 3.01. The van der Waals surface area contributed by atoms with Gasteiger partial charge in [0.05, 0.1) is 11.7 Å². The van der Waals surface area contributed by atoms with Crippen molar-refractivity contribution in [2.75, 3.05) is 25.5 Å². The Balaban J connectivity index is 1.76. The molecule has 1 atom stereocenters. The number of hydrogen-bond donors (Lipinski definition) is 1. The molecule has 1 aliphatic carbocycles. The topological polar surface area (TPSA) is 33.1 Å². The molecule has 2 aliphatic rings. The van der Waals surface area contributed by atoms with Crippen LogP contribution in [0.4, 0.5) is 5.95 Å². The molecule has 1 N–H and O–H groups in total. The minimum atomic E-state index is 0.597. The number of anilines is 1. The lowest BCUT2D eigenvalue weighted by Gasteiger charge is -2.19. The van der Waals surface area contributed by atoms with E-state index in [2.05, 4.69) is 39.9 Å². The normalized spacial score (nSPS) is 26.0. The van der Waals surface area contributed by atoms with Crippen molar-refractivity contribution >= 4 is 5.95 Å². The van der Waals surface area contributed by atoms with Gasteiger partial charge in [0, 0.05) is 18.8 Å². The van der Waals surface area contributed by atoms with E-state index in [1.54, 1.807) is 0 Å². The van der Waals surface area contributed by atoms with E-state index in [-0.39, 0.29) is 0 Å². The van der Waals surface area contributed by atoms with Crippen LogP contribution in [-0.4, -0.2) is 40.6 Å². The van der Waals surface area contributed by atoms with Crippen LogP contribution in [0.25, 0.3) is 0 Å². The highest BCUT2D eigenvalue weighted by atomic mass is 15.3. The monoisotopic (exact) mass is 248 g/mol. The van der Waals surface area contributed by atoms with Gasteiger partial charge in [0.1, 0.15) is 0 Å². The van der Waals surface area contributed by atoms with Gasteiger partial charge in [-0.3, -0.25) is 0 Å². The quantitative estimate of drug-likeness (QED) is 0.892. The van der Waals surface area contributed by atoms with Gasteiger partial charge >= 0.3 is 0 Å². The molecule has 0 aromatic carbocycles. The zero-order valence-electron chi connectivity index (χ0n) is 11.5. The smallest absolute Gasteiger partial charge is 0.203 e. The highest BCUT2D eigenvalue weighted by Gasteiger charge is 2.25. The molecule has 4 heteroatoms. The third kappa shape index (κ3) is 2.39. The van der Waals surface area contributed by atoms with Gasteiger partial charge in [0.2, 0.25) is 5.95 Å². The van der Waals surface area contributed by atoms with Crippen LogP contribution in [0.2, 0.25) is 0 Å². The lowest BCUT2D eigenvalue weighted by Crippen LogP contribution is -2.21. The van der Waals surface area contributed by atoms with Crippen molar-refractivity contribution in [1.82, 2.24) is 14.5 Å². The Labute approximate surface area is 109 Å². The Morgan fingerprint density at radius 2 is 2.06 bits per heavy atom. The first-order chi connectivity index (χ1) is 8.72. The molecule has 0 spiro atoms. The van der Waals surface area contributed by atoms with Gasteiger partial charge in [-0.15, -0.1) is 0 Å². The van der Waals surface area contributed by atoms with Gasteiger partial charge in [-0.25, -0.2) is 4.98 Å². The Bertz CT molecular complexity index is 406. The van der Waals surface area contributed by atoms with Crippen molar-refractivity contribution in [3.8, 4) is 0 Å². The summed E-state index contributed by atoms with van der Waals surface area (Å²) in [6, 6.07) is 1.24. The fourth-order valence-corrected chi connectivity index (χ4v) is 3.29. The van der Waals surface area contributed by atoms with Crippen LogP contribution in [0.15, 0.2) is 6.20 Å². The number of imidazole rings is 1. The molecule has 2 fully saturated rings. The number of aromatic nitrogens is 2. The third-order valence-corrected chi connectivity index (χ3v) is 4.30. The first-order valence-electron chi connectivity index (χ1n) is 7.23. The lowest BCUT2D eigenvalue weighted by molar-refractivity contribution is 0.393. The largest absolute Gasteiger partial charge is 0.353 e. The summed E-state index contributed by atoms with van der Waals surface area (Å²) in [7, 11) is 2.20. The van der Waals surface area contributed by atoms with Crippen LogP contribution in [0.5, 0.6) is 0 Å². The first kappa shape index (κ1) is 12.0. The van der Waals surface area contributed by atoms with Gasteiger partial charge in [0.15, 0.2) is 0 Å². The number of hydrogen-bond acceptors (Lipinski definition) is 3. The molecule has 0 radical (unpaired) electrons. The zero-order valence-corrected chi connectivity index (χ0v) is 11.5. The summed E-state index contributed by atoms with van der Waals surface area (Å²) in [5.74, 6) is 1.10. The summed E-state index contributed by atoms with van der Waals surface area (Å²) in [5.41, 5.74) is 1.13. The van der Waals surface area contributed by atoms with Crippen molar-refractivity contribution in [2.45, 2.75) is 51.1 Å². The Hall–Kier alpha value is -1.03. The highest BCUT2D eigenvalue weighted by Crippen LogP contribution is 2.27. The minimum Gasteiger partial charge on any atom is -0.353 e. The molecule has 1 aliphatic heterocycles. The number of aryl methyl sites for hydroxylation is 1. The van der Waals surface area contributed by atoms with E-state index in [9.17, 15) is 0 Å². The molecule has 1 saturated carbocycles. The molecule has 2 heterocycles. The molecule has 1 aromatic rings. The molecule has 1 unspecified atom stereocenters. The highest BCUT2D eigenvalue weighted by molar-refractivity contribution is 5.31. The van der Waals surface area contributed by atoms with Crippen molar-refractivity contribution in [1.29, 1.82) is 0 Å². The number of nitrogens with zero attached hydrogens (tertiary/aromatic N) is 3. The van der Waals surface area contributed by atoms with Crippen molar-refractivity contribution in [3.05, 3.63) is 11.9 Å². The van der Waals surface area contributed by atoms with E-state index in [0.29, 0.717) is 12.1 Å². The fraction of sp³-hybridized carbons (Fsp3) is 0.786. The van der Waals surface area contributed by atoms with E-state index in [0.717, 1.165) is 18.2 Å². The van der Waals surface area contributed by atoms with E-state index in [1.807, 2.05) is 0 Å². The lowest BCUT2D eigenvalue weighted by atomic mass is 10.2. The van der Waals surface area contributed by atoms with Gasteiger partial charge < -0.3 is 14.8 Å². The fourth-order valence-electron chi connectivity index (χ4n) is 3.29. The zero-order chi connectivity index (χ0) is 12.5. The summed E-state index contributed by atoms with van der Waals surface area (Å²) in [4.78, 5) is 7.08. The van der Waals surface area contributed by atoms with Crippen LogP contribution in [0.3, 0.4) is 0 Å². The third-order valence-electron chi connectivity index (χ3n) is 4.30. The Morgan fingerprint density at radius 1 is 1.28 bits per heavy atom. The van der Waals surface area contributed by atoms with E-state index in [1.165, 1.54) is 38.6 Å². The van der Waals surface area contributed by atoms with Crippen molar-refractivity contribution < 1.29 is 0 Å². The van der Waals surface area contributed by atoms with Gasteiger partial charge in [-0.05, 0) is 39.8 Å². The standard InChI is InChI=1S/C14H24N4/c1-11-9-18(13-7-8-17(2)10-13)14(15-11)16-12-5-3-4-6-12/h9,12-13H,3-8,10H2,1-2H3,(H,15,16). The Kier molecular flexibility index (Phi) is 3.29. The molecule has 100 valence electrons. The predicted octanol–water partition coefficient (Wildman–Crippen LogP) is 2.42. The molecule has 0 amide bonds. The summed E-state index contributed by atoms with van der Waals surface area (Å²) < 4.78 is 2.37. The maximum atomic E-state index is 4.68. The number of rotatable bonds is 3. The van der Waals surface area contributed by atoms with Crippen LogP contribution in [-0.2, 0) is 0 Å². The number of nitrogens with one attached hydrogen (secondary N) is 1. The van der Waals surface area contributed by atoms with Crippen LogP contribution in [0, 0.1) is 6.92 Å². The molecule has 3 rings (SSSR count). The van der Waals surface area contributed by atoms with Gasteiger partial charge in [-0.2, -0.15) is 0 Å². The molecular formula is C14H24N4. The molecule has 4 nitrogen and oxygen atoms in total. The molecule has 18 heavy (non-hydrogen) atoms. The van der Waals surface area contributed by atoms with E-state index in [4.69, 9.17) is 0 Å². The maximum absolute atomic E-state index is 4.68. The second-order valence-electron chi connectivity index (χ2n) is 5.94. The number of likely N-dealkylation sites (tertiary alicyclic amines) is 1. The summed E-state index contributed by atoms with van der Waals surface area (Å²) in [6.07, 6.45) is 8.78. The summed E-state index contributed by atoms with van der Waals surface area (Å²) in [5, 5.41) is 3.66. The first-order valence-corrected chi connectivity index (χ1v) is 7.23. The summed E-state index contributed by atoms with van der Waals surface area (Å²) in [6.45, 7) is 4.44. The van der Waals surface area contributed by atoms with E-state index >= 15 is 0 Å². The molecule has 1 aromatic heterocycles. The summed E-state index contributed by atoms with van der Waals surface area (Å²) >= 11 is 0. The van der Waals surface area contributed by atoms with Crippen molar-refractivity contribution in [3.63, 3.8) is 0 Å². The minimum absolute atomic E-state index is 0.597. The SMILES string of the molecule is Cc1cn(C2CCN(C)C2)c(NC2CCCC2)n1. The average molecular weight is 248 g/mol. The second kappa shape index (κ2) is 4.92. The molecular weight excluding hydrogens is 224 g/mol. The number of likely N-dealkylation sites (N-methyl/N-ethyl adjacent to an activating group) is 1. The predicted molar refractivity (Wildman–Crippen MR) is 74.0 cm³/mol. The van der Waals surface area contributed by atoms with Crippen LogP contribution >= 0.6 is 0 Å². The molecule has 0 bridgehead atoms. The second-order valence-corrected chi connectivity index (χ2v) is 5.94. The van der Waals surface area contributed by atoms with Gasteiger partial charge in [0.25, 0.3) is 0 Å². The Morgan fingerprint density at radius 3 is 2.72 bits per heavy atom. The van der Waals surface area contributed by atoms with Crippen molar-refractivity contribution in [2.24, 2.45) is 0 Å². The van der Waals surface area contributed by atoms with Crippen LogP contribution < -0.4 is 5.32 Å². The van der Waals surface area contributed by atoms with Gasteiger partial charge in [-0.1, -0.05) is 12.8 Å².